The average Bonchev–Trinajstić information content (AvgIpc) is 3.52. The van der Waals surface area contributed by atoms with E-state index in [2.05, 4.69) is 78.1 Å². The van der Waals surface area contributed by atoms with Crippen LogP contribution in [-0.4, -0.2) is 75.1 Å². The molecule has 1 unspecified atom stereocenters. The predicted octanol–water partition coefficient (Wildman–Crippen LogP) is 4.52. The lowest BCUT2D eigenvalue weighted by molar-refractivity contribution is 0.0817. The number of rotatable bonds is 8. The van der Waals surface area contributed by atoms with Crippen molar-refractivity contribution in [2.45, 2.75) is 66.2 Å². The molecule has 0 bridgehead atoms. The van der Waals surface area contributed by atoms with Gasteiger partial charge >= 0.3 is 0 Å². The first-order valence-corrected chi connectivity index (χ1v) is 17.5. The fourth-order valence-electron chi connectivity index (χ4n) is 4.82. The number of fused-ring (bicyclic) bond motifs is 1. The molecule has 1 saturated heterocycles. The maximum Gasteiger partial charge on any atom is 0.245 e. The van der Waals surface area contributed by atoms with Gasteiger partial charge < -0.3 is 15.0 Å². The van der Waals surface area contributed by atoms with E-state index in [1.165, 1.54) is 0 Å². The predicted molar refractivity (Wildman–Crippen MR) is 158 cm³/mol. The molecule has 1 aliphatic heterocycles. The Balaban J connectivity index is 1.45. The van der Waals surface area contributed by atoms with Gasteiger partial charge in [-0.1, -0.05) is 40.4 Å². The molecular weight excluding hydrogens is 506 g/mol. The summed E-state index contributed by atoms with van der Waals surface area (Å²) in [4.78, 5) is 6.96. The number of nitrogens with zero attached hydrogens (tertiary/aromatic N) is 8. The molecule has 1 aliphatic rings. The Morgan fingerprint density at radius 1 is 1.10 bits per heavy atom. The van der Waals surface area contributed by atoms with E-state index in [1.807, 2.05) is 40.9 Å². The normalized spacial score (nSPS) is 16.8. The first kappa shape index (κ1) is 27.4. The fourth-order valence-corrected chi connectivity index (χ4v) is 5.57. The Kier molecular flexibility index (Phi) is 7.58. The topological polar surface area (TPSA) is 98.8 Å². The van der Waals surface area contributed by atoms with Crippen LogP contribution >= 0.6 is 0 Å². The molecule has 1 atom stereocenters. The highest BCUT2D eigenvalue weighted by atomic mass is 28.3. The highest BCUT2D eigenvalue weighted by Gasteiger charge is 2.30. The maximum atomic E-state index is 6.07. The van der Waals surface area contributed by atoms with Crippen LogP contribution in [0.3, 0.4) is 0 Å². The number of benzene rings is 1. The van der Waals surface area contributed by atoms with Crippen LogP contribution in [0.2, 0.25) is 25.7 Å². The molecule has 10 nitrogen and oxygen atoms in total. The number of anilines is 1. The van der Waals surface area contributed by atoms with E-state index in [4.69, 9.17) is 14.8 Å². The Morgan fingerprint density at radius 3 is 2.59 bits per heavy atom. The van der Waals surface area contributed by atoms with Gasteiger partial charge in [-0.2, -0.15) is 10.2 Å². The van der Waals surface area contributed by atoms with Gasteiger partial charge in [0.25, 0.3) is 0 Å². The molecule has 0 radical (unpaired) electrons. The lowest BCUT2D eigenvalue weighted by Gasteiger charge is -2.40. The van der Waals surface area contributed by atoms with Gasteiger partial charge in [0.05, 0.1) is 29.3 Å². The second-order valence-electron chi connectivity index (χ2n) is 12.8. The Labute approximate surface area is 231 Å². The van der Waals surface area contributed by atoms with Gasteiger partial charge in [0.1, 0.15) is 12.4 Å². The van der Waals surface area contributed by atoms with Crippen LogP contribution in [-0.2, 0) is 11.5 Å². The van der Waals surface area contributed by atoms with E-state index in [0.29, 0.717) is 24.4 Å². The van der Waals surface area contributed by atoms with Crippen molar-refractivity contribution >= 4 is 24.9 Å². The highest BCUT2D eigenvalue weighted by Crippen LogP contribution is 2.32. The molecule has 4 aromatic rings. The number of aromatic nitrogens is 7. The summed E-state index contributed by atoms with van der Waals surface area (Å²) in [5.74, 6) is 0.667. The van der Waals surface area contributed by atoms with Crippen LogP contribution in [0, 0.1) is 12.3 Å². The van der Waals surface area contributed by atoms with E-state index in [0.717, 1.165) is 60.1 Å². The third-order valence-corrected chi connectivity index (χ3v) is 8.99. The van der Waals surface area contributed by atoms with Gasteiger partial charge in [0.15, 0.2) is 0 Å². The number of hydrogen-bond acceptors (Lipinski definition) is 8. The molecule has 1 aromatic carbocycles. The quantitative estimate of drug-likeness (QED) is 0.254. The zero-order valence-corrected chi connectivity index (χ0v) is 25.3. The van der Waals surface area contributed by atoms with Crippen molar-refractivity contribution in [2.75, 3.05) is 31.1 Å². The van der Waals surface area contributed by atoms with Crippen molar-refractivity contribution in [3.63, 3.8) is 0 Å². The summed E-state index contributed by atoms with van der Waals surface area (Å²) in [5, 5.41) is 23.1. The van der Waals surface area contributed by atoms with Gasteiger partial charge in [0, 0.05) is 57.5 Å². The van der Waals surface area contributed by atoms with Crippen molar-refractivity contribution < 1.29 is 4.74 Å². The third kappa shape index (κ3) is 6.20. The smallest absolute Gasteiger partial charge is 0.245 e. The summed E-state index contributed by atoms with van der Waals surface area (Å²) in [6.45, 7) is 19.6. The minimum atomic E-state index is -1.18. The summed E-state index contributed by atoms with van der Waals surface area (Å²) < 4.78 is 9.88. The number of aryl methyl sites for hydroxylation is 1. The molecule has 1 N–H and O–H groups in total. The van der Waals surface area contributed by atoms with Gasteiger partial charge in [0.2, 0.25) is 5.95 Å². The SMILES string of the molecule is Cc1ccn(-c2ccc(-c3cnc(N4CCNC(C(C)(C)C)C4)nn3)c3cnn(COCC[Si](C)(C)C)c23)n1. The summed E-state index contributed by atoms with van der Waals surface area (Å²) in [6, 6.07) is 7.59. The van der Waals surface area contributed by atoms with E-state index in [9.17, 15) is 0 Å². The maximum absolute atomic E-state index is 6.07. The first-order valence-electron chi connectivity index (χ1n) is 13.8. The summed E-state index contributed by atoms with van der Waals surface area (Å²) >= 11 is 0. The van der Waals surface area contributed by atoms with E-state index in [1.54, 1.807) is 0 Å². The number of nitrogens with one attached hydrogen (secondary N) is 1. The second-order valence-corrected chi connectivity index (χ2v) is 18.4. The van der Waals surface area contributed by atoms with Gasteiger partial charge in [-0.3, -0.25) is 0 Å². The summed E-state index contributed by atoms with van der Waals surface area (Å²) in [5.41, 5.74) is 4.66. The molecular formula is C28H41N9OSi. The van der Waals surface area contributed by atoms with Crippen LogP contribution in [0.5, 0.6) is 0 Å². The standard InChI is InChI=1S/C28H41N9OSi/c1-20-10-12-36(34-20)24-9-8-21(22-16-31-37(26(22)24)19-38-14-15-39(5,6)7)23-17-30-27(33-32-23)35-13-11-29-25(18-35)28(2,3)4/h8-10,12,16-17,25,29H,11,13-15,18-19H2,1-7H3. The average molecular weight is 548 g/mol. The molecule has 0 spiro atoms. The van der Waals surface area contributed by atoms with Crippen molar-refractivity contribution in [1.82, 2.24) is 40.1 Å². The molecule has 208 valence electrons. The van der Waals surface area contributed by atoms with Crippen LogP contribution in [0.1, 0.15) is 26.5 Å². The number of ether oxygens (including phenoxy) is 1. The van der Waals surface area contributed by atoms with Crippen molar-refractivity contribution in [3.8, 4) is 16.9 Å². The molecule has 39 heavy (non-hydrogen) atoms. The van der Waals surface area contributed by atoms with Gasteiger partial charge in [-0.05, 0) is 36.6 Å². The summed E-state index contributed by atoms with van der Waals surface area (Å²) in [7, 11) is -1.18. The van der Waals surface area contributed by atoms with E-state index in [-0.39, 0.29) is 5.41 Å². The third-order valence-electron chi connectivity index (χ3n) is 7.29. The van der Waals surface area contributed by atoms with Gasteiger partial charge in [-0.25, -0.2) is 14.3 Å². The minimum absolute atomic E-state index is 0.158. The van der Waals surface area contributed by atoms with E-state index >= 15 is 0 Å². The molecule has 5 rings (SSSR count). The summed E-state index contributed by atoms with van der Waals surface area (Å²) in [6.07, 6.45) is 5.68. The molecule has 0 saturated carbocycles. The van der Waals surface area contributed by atoms with Crippen LogP contribution in [0.15, 0.2) is 36.8 Å². The molecule has 3 aromatic heterocycles. The van der Waals surface area contributed by atoms with Crippen LogP contribution in [0.25, 0.3) is 27.8 Å². The fraction of sp³-hybridized carbons (Fsp3) is 0.536. The zero-order valence-electron chi connectivity index (χ0n) is 24.3. The van der Waals surface area contributed by atoms with Crippen molar-refractivity contribution in [3.05, 3.63) is 42.5 Å². The second kappa shape index (κ2) is 10.8. The lowest BCUT2D eigenvalue weighted by atomic mass is 9.85. The van der Waals surface area contributed by atoms with Crippen molar-refractivity contribution in [1.29, 1.82) is 0 Å². The Hall–Kier alpha value is -3.15. The van der Waals surface area contributed by atoms with E-state index < -0.39 is 8.07 Å². The molecule has 4 heterocycles. The zero-order chi connectivity index (χ0) is 27.8. The monoisotopic (exact) mass is 547 g/mol. The minimum Gasteiger partial charge on any atom is -0.360 e. The molecule has 0 aliphatic carbocycles. The first-order chi connectivity index (χ1) is 18.5. The van der Waals surface area contributed by atoms with Gasteiger partial charge in [-0.15, -0.1) is 10.2 Å². The molecule has 1 fully saturated rings. The van der Waals surface area contributed by atoms with Crippen LogP contribution in [0.4, 0.5) is 5.95 Å². The molecule has 11 heteroatoms. The van der Waals surface area contributed by atoms with Crippen molar-refractivity contribution in [2.24, 2.45) is 5.41 Å². The largest absolute Gasteiger partial charge is 0.360 e. The lowest BCUT2D eigenvalue weighted by Crippen LogP contribution is -2.56. The Morgan fingerprint density at radius 2 is 1.92 bits per heavy atom. The van der Waals surface area contributed by atoms with Crippen LogP contribution < -0.4 is 10.2 Å². The highest BCUT2D eigenvalue weighted by molar-refractivity contribution is 6.76. The number of piperazine rings is 1. The Bertz CT molecular complexity index is 1420. The number of hydrogen-bond donors (Lipinski definition) is 1. The molecule has 0 amide bonds.